The molecule has 0 saturated carbocycles. The summed E-state index contributed by atoms with van der Waals surface area (Å²) in [6.45, 7) is 1.07. The molecule has 1 aliphatic carbocycles. The largest absolute Gasteiger partial charge is 0.497 e. The van der Waals surface area contributed by atoms with Crippen LogP contribution in [0.25, 0.3) is 0 Å². The van der Waals surface area contributed by atoms with Crippen molar-refractivity contribution < 1.29 is 9.13 Å². The van der Waals surface area contributed by atoms with E-state index in [1.807, 2.05) is 36.2 Å². The Balaban J connectivity index is 2.37. The molecule has 1 heterocycles. The Morgan fingerprint density at radius 3 is 2.59 bits per heavy atom. The zero-order chi connectivity index (χ0) is 19.8. The lowest BCUT2D eigenvalue weighted by atomic mass is 9.58. The maximum absolute atomic E-state index is 14.8. The summed E-state index contributed by atoms with van der Waals surface area (Å²) in [5.41, 5.74) is 5.22. The van der Waals surface area contributed by atoms with Gasteiger partial charge in [-0.05, 0) is 36.4 Å². The average Bonchev–Trinajstić information content (AvgIpc) is 2.68. The van der Waals surface area contributed by atoms with Gasteiger partial charge in [0.2, 0.25) is 0 Å². The molecule has 2 aliphatic rings. The summed E-state index contributed by atoms with van der Waals surface area (Å²) >= 11 is 0. The van der Waals surface area contributed by atoms with Gasteiger partial charge in [-0.1, -0.05) is 6.08 Å². The molecule has 2 N–H and O–H groups in total. The van der Waals surface area contributed by atoms with E-state index < -0.39 is 23.1 Å². The highest BCUT2D eigenvalue weighted by molar-refractivity contribution is 5.59. The second-order valence-corrected chi connectivity index (χ2v) is 6.78. The highest BCUT2D eigenvalue weighted by Crippen LogP contribution is 2.54. The Labute approximate surface area is 157 Å². The molecule has 1 aromatic rings. The van der Waals surface area contributed by atoms with Crippen molar-refractivity contribution in [2.45, 2.75) is 5.92 Å². The van der Waals surface area contributed by atoms with Gasteiger partial charge < -0.3 is 15.4 Å². The lowest BCUT2D eigenvalue weighted by molar-refractivity contribution is 0.234. The van der Waals surface area contributed by atoms with Gasteiger partial charge in [0.25, 0.3) is 0 Å². The number of nitriles is 3. The molecule has 2 atom stereocenters. The monoisotopic (exact) mass is 363 g/mol. The van der Waals surface area contributed by atoms with Crippen molar-refractivity contribution in [2.75, 3.05) is 27.2 Å². The normalized spacial score (nSPS) is 24.1. The summed E-state index contributed by atoms with van der Waals surface area (Å²) < 4.78 is 20.0. The minimum Gasteiger partial charge on any atom is -0.497 e. The number of rotatable bonds is 2. The summed E-state index contributed by atoms with van der Waals surface area (Å²) in [5.74, 6) is -1.42. The lowest BCUT2D eigenvalue weighted by Crippen LogP contribution is -2.47. The minimum atomic E-state index is -1.85. The lowest BCUT2D eigenvalue weighted by Gasteiger charge is -2.45. The van der Waals surface area contributed by atoms with E-state index in [4.69, 9.17) is 10.5 Å². The van der Waals surface area contributed by atoms with Crippen molar-refractivity contribution in [3.8, 4) is 24.0 Å². The maximum atomic E-state index is 14.8. The first-order valence-corrected chi connectivity index (χ1v) is 8.38. The third-order valence-electron chi connectivity index (χ3n) is 5.39. The van der Waals surface area contributed by atoms with Crippen molar-refractivity contribution in [1.29, 1.82) is 15.8 Å². The van der Waals surface area contributed by atoms with Gasteiger partial charge in [0.15, 0.2) is 5.41 Å². The molecule has 6 nitrogen and oxygen atoms in total. The molecule has 27 heavy (non-hydrogen) atoms. The SMILES string of the molecule is COc1ccc(F)c([C@@H]2[C@@H]3CN(C)CC=C3C(C#N)=C(N)C2(C#N)C#N)c1. The van der Waals surface area contributed by atoms with E-state index in [0.717, 1.165) is 0 Å². The molecule has 0 saturated heterocycles. The van der Waals surface area contributed by atoms with E-state index in [9.17, 15) is 20.2 Å². The fraction of sp³-hybridized carbons (Fsp3) is 0.350. The summed E-state index contributed by atoms with van der Waals surface area (Å²) in [5, 5.41) is 29.5. The van der Waals surface area contributed by atoms with Gasteiger partial charge in [-0.15, -0.1) is 0 Å². The van der Waals surface area contributed by atoms with E-state index in [1.54, 1.807) is 0 Å². The van der Waals surface area contributed by atoms with Gasteiger partial charge in [0.1, 0.15) is 17.6 Å². The third-order valence-corrected chi connectivity index (χ3v) is 5.39. The molecule has 0 bridgehead atoms. The Bertz CT molecular complexity index is 962. The number of fused-ring (bicyclic) bond motifs is 1. The van der Waals surface area contributed by atoms with Gasteiger partial charge in [-0.3, -0.25) is 0 Å². The Morgan fingerprint density at radius 1 is 1.30 bits per heavy atom. The smallest absolute Gasteiger partial charge is 0.191 e. The standard InChI is InChI=1S/C20H18FN5O/c1-26-6-5-13-15(8-22)19(25)20(10-23,11-24)18(16(13)9-26)14-7-12(27-2)3-4-17(14)21/h3-5,7,16,18H,6,9,25H2,1-2H3/t16-,18-/m1/s1. The first-order valence-electron chi connectivity index (χ1n) is 8.38. The van der Waals surface area contributed by atoms with E-state index in [1.165, 1.54) is 25.3 Å². The molecule has 1 aliphatic heterocycles. The molecule has 0 aromatic heterocycles. The van der Waals surface area contributed by atoms with E-state index in [-0.39, 0.29) is 16.8 Å². The van der Waals surface area contributed by atoms with Crippen molar-refractivity contribution in [3.05, 3.63) is 52.5 Å². The van der Waals surface area contributed by atoms with Crippen LogP contribution in [0.3, 0.4) is 0 Å². The number of benzene rings is 1. The van der Waals surface area contributed by atoms with Crippen LogP contribution in [0, 0.1) is 51.1 Å². The van der Waals surface area contributed by atoms with Crippen molar-refractivity contribution in [3.63, 3.8) is 0 Å². The molecular formula is C20H18FN5O. The van der Waals surface area contributed by atoms with Crippen LogP contribution in [-0.4, -0.2) is 32.1 Å². The summed E-state index contributed by atoms with van der Waals surface area (Å²) in [4.78, 5) is 2.00. The van der Waals surface area contributed by atoms with E-state index in [0.29, 0.717) is 24.4 Å². The first-order chi connectivity index (χ1) is 12.9. The van der Waals surface area contributed by atoms with Crippen LogP contribution >= 0.6 is 0 Å². The molecule has 0 fully saturated rings. The third kappa shape index (κ3) is 2.63. The van der Waals surface area contributed by atoms with E-state index >= 15 is 0 Å². The van der Waals surface area contributed by atoms with Crippen LogP contribution in [0.4, 0.5) is 4.39 Å². The highest BCUT2D eigenvalue weighted by Gasteiger charge is 2.55. The van der Waals surface area contributed by atoms with Crippen LogP contribution in [0.5, 0.6) is 5.75 Å². The predicted molar refractivity (Wildman–Crippen MR) is 95.2 cm³/mol. The van der Waals surface area contributed by atoms with Crippen LogP contribution in [0.1, 0.15) is 11.5 Å². The highest BCUT2D eigenvalue weighted by atomic mass is 19.1. The number of ether oxygens (including phenoxy) is 1. The Morgan fingerprint density at radius 2 is 2.00 bits per heavy atom. The fourth-order valence-corrected chi connectivity index (χ4v) is 4.06. The second kappa shape index (κ2) is 6.76. The predicted octanol–water partition coefficient (Wildman–Crippen LogP) is 2.19. The summed E-state index contributed by atoms with van der Waals surface area (Å²) in [6, 6.07) is 10.3. The number of likely N-dealkylation sites (N-methyl/N-ethyl adjacent to an activating group) is 1. The van der Waals surface area contributed by atoms with Crippen LogP contribution < -0.4 is 10.5 Å². The first kappa shape index (κ1) is 18.5. The number of hydrogen-bond donors (Lipinski definition) is 1. The molecule has 7 heteroatoms. The molecule has 1 aromatic carbocycles. The van der Waals surface area contributed by atoms with Crippen molar-refractivity contribution in [2.24, 2.45) is 17.1 Å². The number of nitrogens with zero attached hydrogens (tertiary/aromatic N) is 4. The molecule has 0 radical (unpaired) electrons. The van der Waals surface area contributed by atoms with Crippen LogP contribution in [0.2, 0.25) is 0 Å². The average molecular weight is 363 g/mol. The molecule has 136 valence electrons. The Kier molecular flexibility index (Phi) is 4.62. The van der Waals surface area contributed by atoms with Crippen molar-refractivity contribution >= 4 is 0 Å². The number of hydrogen-bond acceptors (Lipinski definition) is 6. The molecule has 0 spiro atoms. The van der Waals surface area contributed by atoms with Crippen LogP contribution in [0.15, 0.2) is 41.1 Å². The summed E-state index contributed by atoms with van der Waals surface area (Å²) in [7, 11) is 3.35. The number of methoxy groups -OCH3 is 1. The minimum absolute atomic E-state index is 0.116. The molecule has 3 rings (SSSR count). The molecule has 0 unspecified atom stereocenters. The quantitative estimate of drug-likeness (QED) is 0.862. The van der Waals surface area contributed by atoms with Gasteiger partial charge >= 0.3 is 0 Å². The zero-order valence-electron chi connectivity index (χ0n) is 15.0. The van der Waals surface area contributed by atoms with Crippen molar-refractivity contribution in [1.82, 2.24) is 4.90 Å². The van der Waals surface area contributed by atoms with Gasteiger partial charge in [-0.2, -0.15) is 15.8 Å². The second-order valence-electron chi connectivity index (χ2n) is 6.78. The van der Waals surface area contributed by atoms with Crippen LogP contribution in [-0.2, 0) is 0 Å². The van der Waals surface area contributed by atoms with Gasteiger partial charge in [-0.25, -0.2) is 4.39 Å². The number of allylic oxidation sites excluding steroid dienone is 2. The number of halogens is 1. The topological polar surface area (TPSA) is 110 Å². The van der Waals surface area contributed by atoms with Gasteiger partial charge in [0.05, 0.1) is 30.5 Å². The maximum Gasteiger partial charge on any atom is 0.191 e. The number of nitrogens with two attached hydrogens (primary N) is 1. The van der Waals surface area contributed by atoms with Gasteiger partial charge in [0, 0.05) is 24.9 Å². The zero-order valence-corrected chi connectivity index (χ0v) is 15.0. The molecule has 0 amide bonds. The fourth-order valence-electron chi connectivity index (χ4n) is 4.06. The Hall–Kier alpha value is -3.34. The van der Waals surface area contributed by atoms with E-state index in [2.05, 4.69) is 0 Å². The molecular weight excluding hydrogens is 345 g/mol. The summed E-state index contributed by atoms with van der Waals surface area (Å²) in [6.07, 6.45) is 1.86.